The molecule has 0 heterocycles. The molecule has 1 aliphatic carbocycles. The van der Waals surface area contributed by atoms with Crippen molar-refractivity contribution in [2.75, 3.05) is 12.4 Å². The van der Waals surface area contributed by atoms with Crippen LogP contribution in [0.25, 0.3) is 0 Å². The summed E-state index contributed by atoms with van der Waals surface area (Å²) < 4.78 is 7.53. The topological polar surface area (TPSA) is 21.3 Å². The second kappa shape index (κ2) is 5.78. The molecule has 4 heteroatoms. The fourth-order valence-corrected chi connectivity index (χ4v) is 3.70. The lowest BCUT2D eigenvalue weighted by Crippen LogP contribution is -2.07. The van der Waals surface area contributed by atoms with Gasteiger partial charge in [-0.05, 0) is 58.1 Å². The van der Waals surface area contributed by atoms with Crippen LogP contribution < -0.4 is 10.1 Å². The summed E-state index contributed by atoms with van der Waals surface area (Å²) in [5, 5.41) is 3.60. The fraction of sp³-hybridized carbons (Fsp3) is 0.250. The van der Waals surface area contributed by atoms with E-state index in [0.29, 0.717) is 6.04 Å². The Balaban J connectivity index is 1.86. The molecule has 1 aliphatic rings. The molecule has 1 N–H and O–H groups in total. The minimum absolute atomic E-state index is 0.369. The van der Waals surface area contributed by atoms with Gasteiger partial charge in [0.25, 0.3) is 0 Å². The second-order valence-corrected chi connectivity index (χ2v) is 6.60. The molecule has 1 unspecified atom stereocenters. The Hall–Kier alpha value is -1.00. The molecule has 0 aliphatic heterocycles. The highest BCUT2D eigenvalue weighted by atomic mass is 79.9. The van der Waals surface area contributed by atoms with Gasteiger partial charge < -0.3 is 10.1 Å². The third-order valence-electron chi connectivity index (χ3n) is 3.71. The molecule has 0 saturated heterocycles. The fourth-order valence-electron chi connectivity index (χ4n) is 2.71. The smallest absolute Gasteiger partial charge is 0.135 e. The molecule has 0 fully saturated rings. The molecule has 2 aromatic rings. The van der Waals surface area contributed by atoms with Crippen LogP contribution in [0.1, 0.15) is 23.6 Å². The summed E-state index contributed by atoms with van der Waals surface area (Å²) in [4.78, 5) is 0. The Morgan fingerprint density at radius 2 is 2.00 bits per heavy atom. The standard InChI is InChI=1S/C16H15Br2NO/c1-20-16-9-10(5-7-14(16)18)19-15-8-6-11-12(15)3-2-4-13(11)17/h2-5,7,9,15,19H,6,8H2,1H3. The van der Waals surface area contributed by atoms with E-state index >= 15 is 0 Å². The molecular weight excluding hydrogens is 382 g/mol. The van der Waals surface area contributed by atoms with Gasteiger partial charge in [-0.2, -0.15) is 0 Å². The third kappa shape index (κ3) is 2.59. The van der Waals surface area contributed by atoms with Gasteiger partial charge in [-0.25, -0.2) is 0 Å². The quantitative estimate of drug-likeness (QED) is 0.757. The summed E-state index contributed by atoms with van der Waals surface area (Å²) in [7, 11) is 1.69. The van der Waals surface area contributed by atoms with E-state index in [-0.39, 0.29) is 0 Å². The summed E-state index contributed by atoms with van der Waals surface area (Å²) in [6.07, 6.45) is 2.23. The number of anilines is 1. The summed E-state index contributed by atoms with van der Waals surface area (Å²) in [5.41, 5.74) is 3.90. The number of methoxy groups -OCH3 is 1. The number of hydrogen-bond donors (Lipinski definition) is 1. The van der Waals surface area contributed by atoms with Crippen molar-refractivity contribution in [2.24, 2.45) is 0 Å². The summed E-state index contributed by atoms with van der Waals surface area (Å²) in [5.74, 6) is 0.850. The van der Waals surface area contributed by atoms with E-state index < -0.39 is 0 Å². The molecule has 3 rings (SSSR count). The van der Waals surface area contributed by atoms with Crippen molar-refractivity contribution in [1.82, 2.24) is 0 Å². The first kappa shape index (κ1) is 14.0. The Morgan fingerprint density at radius 1 is 1.15 bits per heavy atom. The van der Waals surface area contributed by atoms with E-state index in [2.05, 4.69) is 61.4 Å². The van der Waals surface area contributed by atoms with Gasteiger partial charge in [-0.3, -0.25) is 0 Å². The van der Waals surface area contributed by atoms with E-state index in [4.69, 9.17) is 4.74 Å². The zero-order valence-corrected chi connectivity index (χ0v) is 14.3. The van der Waals surface area contributed by atoms with Crippen molar-refractivity contribution >= 4 is 37.5 Å². The Kier molecular flexibility index (Phi) is 4.03. The van der Waals surface area contributed by atoms with Crippen LogP contribution in [0.3, 0.4) is 0 Å². The second-order valence-electron chi connectivity index (χ2n) is 4.89. The van der Waals surface area contributed by atoms with Crippen molar-refractivity contribution in [1.29, 1.82) is 0 Å². The molecule has 0 bridgehead atoms. The van der Waals surface area contributed by atoms with Gasteiger partial charge in [0.1, 0.15) is 5.75 Å². The minimum Gasteiger partial charge on any atom is -0.495 e. The summed E-state index contributed by atoms with van der Waals surface area (Å²) in [6.45, 7) is 0. The van der Waals surface area contributed by atoms with Gasteiger partial charge in [0.05, 0.1) is 17.6 Å². The lowest BCUT2D eigenvalue weighted by atomic mass is 10.1. The van der Waals surface area contributed by atoms with Crippen molar-refractivity contribution in [3.05, 3.63) is 56.5 Å². The van der Waals surface area contributed by atoms with Crippen LogP contribution in [0.5, 0.6) is 5.75 Å². The Morgan fingerprint density at radius 3 is 2.80 bits per heavy atom. The Bertz CT molecular complexity index is 642. The molecule has 20 heavy (non-hydrogen) atoms. The normalized spacial score (nSPS) is 16.9. The maximum absolute atomic E-state index is 5.34. The lowest BCUT2D eigenvalue weighted by Gasteiger charge is -2.17. The number of benzene rings is 2. The monoisotopic (exact) mass is 395 g/mol. The van der Waals surface area contributed by atoms with Crippen molar-refractivity contribution < 1.29 is 4.74 Å². The molecule has 0 amide bonds. The lowest BCUT2D eigenvalue weighted by molar-refractivity contribution is 0.412. The van der Waals surface area contributed by atoms with Crippen LogP contribution in [0.2, 0.25) is 0 Å². The molecule has 0 saturated carbocycles. The van der Waals surface area contributed by atoms with Crippen LogP contribution in [-0.2, 0) is 6.42 Å². The highest BCUT2D eigenvalue weighted by Gasteiger charge is 2.23. The average Bonchev–Trinajstić information content (AvgIpc) is 2.86. The highest BCUT2D eigenvalue weighted by Crippen LogP contribution is 2.38. The van der Waals surface area contributed by atoms with E-state index in [1.807, 2.05) is 12.1 Å². The van der Waals surface area contributed by atoms with E-state index in [0.717, 1.165) is 28.8 Å². The zero-order valence-electron chi connectivity index (χ0n) is 11.1. The van der Waals surface area contributed by atoms with Gasteiger partial charge in [-0.1, -0.05) is 28.1 Å². The molecule has 0 radical (unpaired) electrons. The number of hydrogen-bond acceptors (Lipinski definition) is 2. The summed E-state index contributed by atoms with van der Waals surface area (Å²) in [6, 6.07) is 12.9. The van der Waals surface area contributed by atoms with Crippen molar-refractivity contribution in [3.63, 3.8) is 0 Å². The minimum atomic E-state index is 0.369. The highest BCUT2D eigenvalue weighted by molar-refractivity contribution is 9.10. The number of fused-ring (bicyclic) bond motifs is 1. The largest absolute Gasteiger partial charge is 0.495 e. The number of nitrogens with one attached hydrogen (secondary N) is 1. The van der Waals surface area contributed by atoms with Gasteiger partial charge in [-0.15, -0.1) is 0 Å². The Labute approximate surface area is 135 Å². The first-order valence-electron chi connectivity index (χ1n) is 6.56. The maximum Gasteiger partial charge on any atom is 0.135 e. The molecule has 2 aromatic carbocycles. The average molecular weight is 397 g/mol. The number of ether oxygens (including phenoxy) is 1. The van der Waals surface area contributed by atoms with Crippen molar-refractivity contribution in [3.8, 4) is 5.75 Å². The van der Waals surface area contributed by atoms with Gasteiger partial charge >= 0.3 is 0 Å². The van der Waals surface area contributed by atoms with Gasteiger partial charge in [0.15, 0.2) is 0 Å². The molecule has 0 aromatic heterocycles. The van der Waals surface area contributed by atoms with Gasteiger partial charge in [0.2, 0.25) is 0 Å². The summed E-state index contributed by atoms with van der Waals surface area (Å²) >= 11 is 7.12. The molecule has 2 nitrogen and oxygen atoms in total. The first-order valence-corrected chi connectivity index (χ1v) is 8.15. The third-order valence-corrected chi connectivity index (χ3v) is 5.10. The van der Waals surface area contributed by atoms with Crippen LogP contribution in [0.4, 0.5) is 5.69 Å². The van der Waals surface area contributed by atoms with Crippen LogP contribution in [0.15, 0.2) is 45.3 Å². The van der Waals surface area contributed by atoms with Crippen molar-refractivity contribution in [2.45, 2.75) is 18.9 Å². The van der Waals surface area contributed by atoms with E-state index in [1.165, 1.54) is 15.6 Å². The predicted octanol–water partition coefficient (Wildman–Crippen LogP) is 5.32. The molecule has 1 atom stereocenters. The zero-order chi connectivity index (χ0) is 14.1. The SMILES string of the molecule is COc1cc(NC2CCc3c(Br)cccc32)ccc1Br. The molecular formula is C16H15Br2NO. The van der Waals surface area contributed by atoms with Crippen LogP contribution >= 0.6 is 31.9 Å². The number of halogens is 2. The van der Waals surface area contributed by atoms with E-state index in [9.17, 15) is 0 Å². The molecule has 104 valence electrons. The van der Waals surface area contributed by atoms with Crippen LogP contribution in [-0.4, -0.2) is 7.11 Å². The van der Waals surface area contributed by atoms with Crippen LogP contribution in [0, 0.1) is 0 Å². The van der Waals surface area contributed by atoms with Gasteiger partial charge in [0, 0.05) is 16.2 Å². The first-order chi connectivity index (χ1) is 9.69. The predicted molar refractivity (Wildman–Crippen MR) is 89.5 cm³/mol. The molecule has 0 spiro atoms. The van der Waals surface area contributed by atoms with E-state index in [1.54, 1.807) is 7.11 Å². The maximum atomic E-state index is 5.34. The number of rotatable bonds is 3.